The number of nitrogen functional groups attached to an aromatic ring is 4. The lowest BCUT2D eigenvalue weighted by Crippen LogP contribution is -1.99. The number of aliphatic carboxylic acids is 1. The third-order valence-electron chi connectivity index (χ3n) is 6.33. The number of aryl methyl sites for hydroxylation is 3. The summed E-state index contributed by atoms with van der Waals surface area (Å²) in [6.07, 6.45) is 1.85. The summed E-state index contributed by atoms with van der Waals surface area (Å²) < 4.78 is 35.1. The predicted octanol–water partition coefficient (Wildman–Crippen LogP) is 5.55. The number of aliphatic hydroxyl groups excluding tert-OH is 1. The molecular weight excluding hydrogens is 891 g/mol. The second kappa shape index (κ2) is 33.0. The normalized spacial score (nSPS) is 8.95. The minimum atomic E-state index is -4.67. The number of carboxylic acid groups (broad SMARTS) is 1. The molecule has 3 aromatic heterocycles. The summed E-state index contributed by atoms with van der Waals surface area (Å²) in [5.74, 6) is -0.824. The van der Waals surface area contributed by atoms with Gasteiger partial charge in [0.05, 0.1) is 37.1 Å². The van der Waals surface area contributed by atoms with Crippen LogP contribution in [0.3, 0.4) is 0 Å². The van der Waals surface area contributed by atoms with Gasteiger partial charge >= 0.3 is 34.8 Å². The van der Waals surface area contributed by atoms with E-state index in [2.05, 4.69) is 78.2 Å². The molecule has 0 amide bonds. The predicted molar refractivity (Wildman–Crippen MR) is 237 cm³/mol. The molecule has 0 atom stereocenters. The Balaban J connectivity index is -0.000000670. The van der Waals surface area contributed by atoms with Crippen molar-refractivity contribution in [3.05, 3.63) is 101 Å². The van der Waals surface area contributed by atoms with Gasteiger partial charge < -0.3 is 33.1 Å². The van der Waals surface area contributed by atoms with Gasteiger partial charge in [0.1, 0.15) is 0 Å². The number of carboxylic acids is 1. The Morgan fingerprint density at radius 1 is 0.597 bits per heavy atom. The maximum Gasteiger partial charge on any atom is 0.394 e. The highest BCUT2D eigenvalue weighted by Gasteiger charge is 2.02. The molecule has 12 N–H and O–H groups in total. The first kappa shape index (κ1) is 59.5. The minimum absolute atomic E-state index is 0. The average molecular weight is 936 g/mol. The number of anilines is 4. The van der Waals surface area contributed by atoms with Crippen LogP contribution in [0.2, 0.25) is 0 Å². The van der Waals surface area contributed by atoms with E-state index in [1.54, 1.807) is 24.3 Å². The summed E-state index contributed by atoms with van der Waals surface area (Å²) in [6, 6.07) is 25.5. The fraction of sp³-hybridized carbons (Fsp3) is 0.184. The van der Waals surface area contributed by atoms with Gasteiger partial charge in [-0.15, -0.1) is 0 Å². The van der Waals surface area contributed by atoms with Crippen LogP contribution in [0.4, 0.5) is 21.1 Å². The van der Waals surface area contributed by atoms with Crippen LogP contribution in [0.15, 0.2) is 78.9 Å². The molecule has 0 aliphatic rings. The number of carbonyl (C=O) groups is 1. The van der Waals surface area contributed by atoms with E-state index in [1.165, 1.54) is 55.4 Å². The highest BCUT2D eigenvalue weighted by molar-refractivity contribution is 7.79. The number of carbonyl (C=O) groups excluding carboxylic acids is 6. The lowest BCUT2D eigenvalue weighted by atomic mass is 10.1. The van der Waals surface area contributed by atoms with E-state index in [1.807, 2.05) is 12.1 Å². The SMILES string of the molecule is C.CCc1ccc2sc(N)nc2c1.CO.Cc1ccc2sc(N)nc2c1.Cc1ccc2sc(N)nc2c1.Nc1ccc(CC(=O)O)cc1.O=C=O.O=C=O.O=C=O.O=S(=O)(O)O. The van der Waals surface area contributed by atoms with Gasteiger partial charge in [0, 0.05) is 12.8 Å². The molecule has 0 unspecified atom stereocenters. The number of nitrogens with two attached hydrogens (primary N) is 4. The number of hydrogen-bond donors (Lipinski definition) is 8. The summed E-state index contributed by atoms with van der Waals surface area (Å²) in [5, 5.41) is 17.3. The number of aliphatic hydroxyl groups is 1. The molecule has 0 aliphatic heterocycles. The number of fused-ring (bicyclic) bond motifs is 3. The van der Waals surface area contributed by atoms with Crippen LogP contribution in [-0.2, 0) is 56.8 Å². The number of hydrogen-bond acceptors (Lipinski definition) is 20. The zero-order valence-corrected chi connectivity index (χ0v) is 35.9. The van der Waals surface area contributed by atoms with Gasteiger partial charge in [-0.3, -0.25) is 13.9 Å². The second-order valence-electron chi connectivity index (χ2n) is 10.8. The molecule has 0 saturated carbocycles. The Kier molecular flexibility index (Phi) is 31.6. The molecule has 20 nitrogen and oxygen atoms in total. The van der Waals surface area contributed by atoms with Crippen LogP contribution in [0.1, 0.15) is 36.6 Å². The largest absolute Gasteiger partial charge is 0.481 e. The summed E-state index contributed by atoms with van der Waals surface area (Å²) in [5.41, 5.74) is 30.3. The molecule has 0 bridgehead atoms. The number of benzene rings is 4. The molecule has 3 heterocycles. The van der Waals surface area contributed by atoms with Crippen molar-refractivity contribution < 1.29 is 61.3 Å². The lowest BCUT2D eigenvalue weighted by molar-refractivity contribution is -0.193. The lowest BCUT2D eigenvalue weighted by Gasteiger charge is -1.96. The Morgan fingerprint density at radius 2 is 0.887 bits per heavy atom. The molecule has 0 fully saturated rings. The number of thiazole rings is 3. The van der Waals surface area contributed by atoms with Crippen molar-refractivity contribution in [2.75, 3.05) is 30.0 Å². The molecule has 7 aromatic rings. The first-order valence-electron chi connectivity index (χ1n) is 16.3. The highest BCUT2D eigenvalue weighted by atomic mass is 32.3. The fourth-order valence-corrected chi connectivity index (χ4v) is 6.27. The van der Waals surface area contributed by atoms with Crippen LogP contribution in [0.25, 0.3) is 30.6 Å². The van der Waals surface area contributed by atoms with Crippen molar-refractivity contribution in [2.24, 2.45) is 0 Å². The van der Waals surface area contributed by atoms with E-state index in [-0.39, 0.29) is 32.3 Å². The van der Waals surface area contributed by atoms with Crippen molar-refractivity contribution in [1.29, 1.82) is 0 Å². The van der Waals surface area contributed by atoms with Crippen molar-refractivity contribution in [1.82, 2.24) is 15.0 Å². The summed E-state index contributed by atoms with van der Waals surface area (Å²) in [7, 11) is -3.67. The van der Waals surface area contributed by atoms with Crippen molar-refractivity contribution >= 4 is 121 Å². The van der Waals surface area contributed by atoms with E-state index >= 15 is 0 Å². The summed E-state index contributed by atoms with van der Waals surface area (Å²) in [6.45, 7) is 6.24. The molecule has 0 saturated heterocycles. The maximum atomic E-state index is 10.2. The van der Waals surface area contributed by atoms with Gasteiger partial charge in [0.2, 0.25) is 0 Å². The van der Waals surface area contributed by atoms with E-state index < -0.39 is 16.4 Å². The van der Waals surface area contributed by atoms with Gasteiger partial charge in [-0.2, -0.15) is 37.2 Å². The quantitative estimate of drug-likeness (QED) is 0.0794. The van der Waals surface area contributed by atoms with Gasteiger partial charge in [-0.1, -0.05) is 78.7 Å². The van der Waals surface area contributed by atoms with Crippen molar-refractivity contribution in [2.45, 2.75) is 41.0 Å². The Morgan fingerprint density at radius 3 is 1.19 bits per heavy atom. The molecule has 0 radical (unpaired) electrons. The third kappa shape index (κ3) is 27.8. The van der Waals surface area contributed by atoms with Crippen LogP contribution in [-0.4, -0.2) is 74.2 Å². The van der Waals surface area contributed by atoms with Crippen molar-refractivity contribution in [3.63, 3.8) is 0 Å². The van der Waals surface area contributed by atoms with E-state index in [9.17, 15) is 4.79 Å². The fourth-order valence-electron chi connectivity index (χ4n) is 4.13. The zero-order chi connectivity index (χ0) is 47.1. The van der Waals surface area contributed by atoms with Crippen molar-refractivity contribution in [3.8, 4) is 0 Å². The molecule has 4 aromatic carbocycles. The average Bonchev–Trinajstić information content (AvgIpc) is 3.87. The van der Waals surface area contributed by atoms with Gasteiger partial charge in [0.15, 0.2) is 15.4 Å². The maximum absolute atomic E-state index is 10.2. The molecule has 0 spiro atoms. The number of aromatic nitrogens is 3. The molecule has 7 rings (SSSR count). The number of rotatable bonds is 3. The van der Waals surface area contributed by atoms with Gasteiger partial charge in [0.25, 0.3) is 0 Å². The third-order valence-corrected chi connectivity index (χ3v) is 8.93. The van der Waals surface area contributed by atoms with E-state index in [4.69, 9.17) is 79.4 Å². The standard InChI is InChI=1S/C9H10N2S.2C8H8N2S.C8H9NO2.3CO2.CH4O.CH4.H2O4S/c1-2-6-3-4-8-7(5-6)11-9(10)12-8;2*1-5-2-3-7-6(4-5)10-8(9)11-7;9-7-3-1-6(2-4-7)5-8(10)11;3*2-1-3;1-2;;1-5(2,3)4/h3-5H,2H2,1H3,(H2,10,11);2*2-4H,1H3,(H2,9,10);1-4H,5,9H2,(H,10,11);;;;2H,1H3;1H4;(H2,1,2,3,4). The summed E-state index contributed by atoms with van der Waals surface area (Å²) >= 11 is 4.59. The van der Waals surface area contributed by atoms with Crippen LogP contribution in [0.5, 0.6) is 0 Å². The Hall–Kier alpha value is -6.81. The van der Waals surface area contributed by atoms with Crippen LogP contribution >= 0.6 is 34.0 Å². The smallest absolute Gasteiger partial charge is 0.394 e. The topological polar surface area (TPSA) is 377 Å². The first-order valence-corrected chi connectivity index (χ1v) is 20.2. The zero-order valence-electron chi connectivity index (χ0n) is 32.7. The molecule has 62 heavy (non-hydrogen) atoms. The summed E-state index contributed by atoms with van der Waals surface area (Å²) in [4.78, 5) is 71.5. The van der Waals surface area contributed by atoms with E-state index in [0.717, 1.165) is 45.0 Å². The Labute approximate surface area is 367 Å². The minimum Gasteiger partial charge on any atom is -0.481 e. The molecular formula is C38H45N7O13S4. The molecule has 24 heteroatoms. The number of nitrogens with zero attached hydrogens (tertiary/aromatic N) is 3. The first-order chi connectivity index (χ1) is 28.7. The Bertz CT molecular complexity index is 2480. The van der Waals surface area contributed by atoms with Gasteiger partial charge in [-0.25, -0.2) is 15.0 Å². The molecule has 334 valence electrons. The van der Waals surface area contributed by atoms with Crippen LogP contribution in [0, 0.1) is 13.8 Å². The second-order valence-corrected chi connectivity index (χ2v) is 14.8. The highest BCUT2D eigenvalue weighted by Crippen LogP contribution is 2.26. The molecule has 0 aliphatic carbocycles. The van der Waals surface area contributed by atoms with E-state index in [0.29, 0.717) is 21.1 Å². The van der Waals surface area contributed by atoms with Gasteiger partial charge in [-0.05, 0) is 91.1 Å². The van der Waals surface area contributed by atoms with Crippen LogP contribution < -0.4 is 22.9 Å². The monoisotopic (exact) mass is 935 g/mol.